The molecule has 0 saturated heterocycles. The van der Waals surface area contributed by atoms with Crippen LogP contribution in [0.25, 0.3) is 11.0 Å². The minimum Gasteiger partial charge on any atom is -0.370 e. The second kappa shape index (κ2) is 6.57. The molecule has 0 atom stereocenters. The Morgan fingerprint density at radius 3 is 2.84 bits per heavy atom. The van der Waals surface area contributed by atoms with Crippen molar-refractivity contribution < 1.29 is 4.79 Å². The van der Waals surface area contributed by atoms with Crippen LogP contribution < -0.4 is 5.73 Å². The molecule has 0 radical (unpaired) electrons. The lowest BCUT2D eigenvalue weighted by molar-refractivity contribution is -0.118. The molecule has 0 bridgehead atoms. The van der Waals surface area contributed by atoms with Crippen molar-refractivity contribution in [1.29, 1.82) is 0 Å². The van der Waals surface area contributed by atoms with E-state index in [2.05, 4.69) is 15.6 Å². The molecule has 1 aromatic heterocycles. The summed E-state index contributed by atoms with van der Waals surface area (Å²) < 4.78 is 2.19. The van der Waals surface area contributed by atoms with Gasteiger partial charge in [0.2, 0.25) is 5.91 Å². The van der Waals surface area contributed by atoms with E-state index in [4.69, 9.17) is 17.3 Å². The Labute approximate surface area is 117 Å². The van der Waals surface area contributed by atoms with Gasteiger partial charge in [-0.1, -0.05) is 12.1 Å². The van der Waals surface area contributed by atoms with Gasteiger partial charge < -0.3 is 10.3 Å². The molecule has 0 fully saturated rings. The number of primary amides is 1. The van der Waals surface area contributed by atoms with E-state index in [0.717, 1.165) is 42.7 Å². The number of alkyl halides is 1. The van der Waals surface area contributed by atoms with Crippen LogP contribution in [0.4, 0.5) is 0 Å². The van der Waals surface area contributed by atoms with Crippen molar-refractivity contribution in [3.63, 3.8) is 0 Å². The Morgan fingerprint density at radius 1 is 1.32 bits per heavy atom. The number of para-hydroxylation sites is 2. The summed E-state index contributed by atoms with van der Waals surface area (Å²) in [7, 11) is 0. The quantitative estimate of drug-likeness (QED) is 0.625. The molecular formula is C14H18ClN3O. The summed E-state index contributed by atoms with van der Waals surface area (Å²) in [5.74, 6) is 1.33. The van der Waals surface area contributed by atoms with Gasteiger partial charge in [0, 0.05) is 25.3 Å². The van der Waals surface area contributed by atoms with Crippen LogP contribution in [-0.2, 0) is 17.8 Å². The maximum absolute atomic E-state index is 10.7. The molecule has 0 spiro atoms. The van der Waals surface area contributed by atoms with E-state index in [1.54, 1.807) is 0 Å². The fourth-order valence-corrected chi connectivity index (χ4v) is 2.39. The first-order valence-corrected chi connectivity index (χ1v) is 7.04. The summed E-state index contributed by atoms with van der Waals surface area (Å²) in [6.45, 7) is 0.847. The number of fused-ring (bicyclic) bond motifs is 1. The first-order valence-electron chi connectivity index (χ1n) is 6.51. The maximum atomic E-state index is 10.7. The molecular weight excluding hydrogens is 262 g/mol. The lowest BCUT2D eigenvalue weighted by Gasteiger charge is -2.07. The molecule has 1 heterocycles. The van der Waals surface area contributed by atoms with Crippen molar-refractivity contribution in [3.05, 3.63) is 30.1 Å². The van der Waals surface area contributed by atoms with Crippen LogP contribution in [0.5, 0.6) is 0 Å². The van der Waals surface area contributed by atoms with Crippen molar-refractivity contribution in [3.8, 4) is 0 Å². The number of nitrogens with zero attached hydrogens (tertiary/aromatic N) is 2. The summed E-state index contributed by atoms with van der Waals surface area (Å²) in [4.78, 5) is 15.3. The van der Waals surface area contributed by atoms with E-state index in [1.807, 2.05) is 18.2 Å². The molecule has 0 unspecified atom stereocenters. The smallest absolute Gasteiger partial charge is 0.217 e. The van der Waals surface area contributed by atoms with E-state index in [9.17, 15) is 4.79 Å². The lowest BCUT2D eigenvalue weighted by Crippen LogP contribution is -2.11. The van der Waals surface area contributed by atoms with Gasteiger partial charge in [-0.25, -0.2) is 4.98 Å². The van der Waals surface area contributed by atoms with Crippen molar-refractivity contribution >= 4 is 28.5 Å². The summed E-state index contributed by atoms with van der Waals surface area (Å²) in [6, 6.07) is 8.06. The highest BCUT2D eigenvalue weighted by Gasteiger charge is 2.09. The monoisotopic (exact) mass is 279 g/mol. The zero-order valence-electron chi connectivity index (χ0n) is 10.8. The van der Waals surface area contributed by atoms with Crippen LogP contribution in [0.2, 0.25) is 0 Å². The average molecular weight is 280 g/mol. The molecule has 0 saturated carbocycles. The van der Waals surface area contributed by atoms with Gasteiger partial charge in [0.05, 0.1) is 11.0 Å². The number of amides is 1. The number of benzene rings is 1. The third-order valence-corrected chi connectivity index (χ3v) is 3.30. The molecule has 4 nitrogen and oxygen atoms in total. The van der Waals surface area contributed by atoms with Crippen molar-refractivity contribution in [1.82, 2.24) is 9.55 Å². The number of halogens is 1. The summed E-state index contributed by atoms with van der Waals surface area (Å²) >= 11 is 5.82. The number of imidazole rings is 1. The van der Waals surface area contributed by atoms with Crippen LogP contribution in [0.15, 0.2) is 24.3 Å². The average Bonchev–Trinajstić information content (AvgIpc) is 2.73. The normalized spacial score (nSPS) is 11.0. The number of rotatable bonds is 7. The Hall–Kier alpha value is -1.55. The molecule has 1 aromatic carbocycles. The maximum Gasteiger partial charge on any atom is 0.217 e. The number of aryl methyl sites for hydroxylation is 2. The topological polar surface area (TPSA) is 60.9 Å². The second-order valence-electron chi connectivity index (χ2n) is 4.53. The number of carbonyl (C=O) groups excluding carboxylic acids is 1. The number of hydrogen-bond donors (Lipinski definition) is 1. The molecule has 2 N–H and O–H groups in total. The highest BCUT2D eigenvalue weighted by molar-refractivity contribution is 6.17. The Balaban J connectivity index is 2.14. The van der Waals surface area contributed by atoms with Crippen LogP contribution in [0.1, 0.15) is 25.1 Å². The van der Waals surface area contributed by atoms with Gasteiger partial charge in [-0.2, -0.15) is 0 Å². The molecule has 102 valence electrons. The SMILES string of the molecule is NC(=O)CCCCn1c(CCCl)nc2ccccc21. The predicted octanol–water partition coefficient (Wildman–Crippen LogP) is 2.47. The third kappa shape index (κ3) is 3.47. The van der Waals surface area contributed by atoms with Crippen molar-refractivity contribution in [2.45, 2.75) is 32.2 Å². The van der Waals surface area contributed by atoms with Gasteiger partial charge in [-0.15, -0.1) is 11.6 Å². The zero-order valence-corrected chi connectivity index (χ0v) is 11.6. The summed E-state index contributed by atoms with van der Waals surface area (Å²) in [5.41, 5.74) is 7.27. The predicted molar refractivity (Wildman–Crippen MR) is 77.2 cm³/mol. The fraction of sp³-hybridized carbons (Fsp3) is 0.429. The summed E-state index contributed by atoms with van der Waals surface area (Å²) in [5, 5.41) is 0. The lowest BCUT2D eigenvalue weighted by atomic mass is 10.2. The highest BCUT2D eigenvalue weighted by Crippen LogP contribution is 2.17. The van der Waals surface area contributed by atoms with Gasteiger partial charge in [-0.05, 0) is 25.0 Å². The van der Waals surface area contributed by atoms with Gasteiger partial charge in [0.25, 0.3) is 0 Å². The molecule has 5 heteroatoms. The minimum atomic E-state index is -0.239. The minimum absolute atomic E-state index is 0.239. The number of carbonyl (C=O) groups is 1. The number of nitrogens with two attached hydrogens (primary N) is 1. The largest absolute Gasteiger partial charge is 0.370 e. The fourth-order valence-electron chi connectivity index (χ4n) is 2.22. The molecule has 2 aromatic rings. The first-order chi connectivity index (χ1) is 9.22. The molecule has 0 aliphatic heterocycles. The molecule has 0 aliphatic carbocycles. The van der Waals surface area contributed by atoms with Crippen LogP contribution in [0, 0.1) is 0 Å². The third-order valence-electron chi connectivity index (χ3n) is 3.11. The Morgan fingerprint density at radius 2 is 2.11 bits per heavy atom. The second-order valence-corrected chi connectivity index (χ2v) is 4.91. The standard InChI is InChI=1S/C14H18ClN3O/c15-9-8-14-17-11-5-1-2-6-12(11)18(14)10-4-3-7-13(16)19/h1-2,5-6H,3-4,7-10H2,(H2,16,19). The van der Waals surface area contributed by atoms with E-state index in [0.29, 0.717) is 12.3 Å². The number of hydrogen-bond acceptors (Lipinski definition) is 2. The highest BCUT2D eigenvalue weighted by atomic mass is 35.5. The molecule has 19 heavy (non-hydrogen) atoms. The van der Waals surface area contributed by atoms with E-state index >= 15 is 0 Å². The van der Waals surface area contributed by atoms with Gasteiger partial charge in [0.1, 0.15) is 5.82 Å². The van der Waals surface area contributed by atoms with Gasteiger partial charge in [-0.3, -0.25) is 4.79 Å². The number of unbranched alkanes of at least 4 members (excludes halogenated alkanes) is 1. The van der Waals surface area contributed by atoms with Crippen LogP contribution >= 0.6 is 11.6 Å². The Kier molecular flexibility index (Phi) is 4.80. The molecule has 0 aliphatic rings. The Bertz CT molecular complexity index is 565. The van der Waals surface area contributed by atoms with Gasteiger partial charge in [0.15, 0.2) is 0 Å². The van der Waals surface area contributed by atoms with Crippen LogP contribution in [0.3, 0.4) is 0 Å². The molecule has 1 amide bonds. The van der Waals surface area contributed by atoms with Crippen LogP contribution in [-0.4, -0.2) is 21.3 Å². The van der Waals surface area contributed by atoms with Crippen molar-refractivity contribution in [2.75, 3.05) is 5.88 Å². The van der Waals surface area contributed by atoms with E-state index < -0.39 is 0 Å². The van der Waals surface area contributed by atoms with Gasteiger partial charge >= 0.3 is 0 Å². The van der Waals surface area contributed by atoms with E-state index in [-0.39, 0.29) is 5.91 Å². The first kappa shape index (κ1) is 13.9. The zero-order chi connectivity index (χ0) is 13.7. The van der Waals surface area contributed by atoms with Crippen molar-refractivity contribution in [2.24, 2.45) is 5.73 Å². The summed E-state index contributed by atoms with van der Waals surface area (Å²) in [6.07, 6.45) is 2.92. The van der Waals surface area contributed by atoms with E-state index in [1.165, 1.54) is 0 Å². The number of aromatic nitrogens is 2. The molecule has 2 rings (SSSR count).